The molecule has 3 heteroatoms. The lowest BCUT2D eigenvalue weighted by molar-refractivity contribution is 0.388. The number of hydrogen-bond donors (Lipinski definition) is 1. The average molecular weight is 287 g/mol. The highest BCUT2D eigenvalue weighted by Gasteiger charge is 2.34. The standard InChI is InChI=1S/C18H19F2N/c1-2-10-21-18(14-8-5-9-16(19)17(14)20)15-11-12-6-3-4-7-13(12)15/h3-9,15,18,21H,2,10-11H2,1H3. The van der Waals surface area contributed by atoms with E-state index in [9.17, 15) is 8.78 Å². The predicted octanol–water partition coefficient (Wildman–Crippen LogP) is 4.35. The highest BCUT2D eigenvalue weighted by atomic mass is 19.2. The van der Waals surface area contributed by atoms with Gasteiger partial charge in [-0.3, -0.25) is 0 Å². The molecule has 21 heavy (non-hydrogen) atoms. The van der Waals surface area contributed by atoms with Crippen molar-refractivity contribution >= 4 is 0 Å². The maximum absolute atomic E-state index is 14.2. The first-order valence-electron chi connectivity index (χ1n) is 7.47. The third kappa shape index (κ3) is 2.58. The summed E-state index contributed by atoms with van der Waals surface area (Å²) in [5, 5.41) is 3.39. The molecule has 0 spiro atoms. The van der Waals surface area contributed by atoms with Gasteiger partial charge in [0.05, 0.1) is 0 Å². The number of benzene rings is 2. The minimum Gasteiger partial charge on any atom is -0.309 e. The fraction of sp³-hybridized carbons (Fsp3) is 0.333. The minimum absolute atomic E-state index is 0.171. The summed E-state index contributed by atoms with van der Waals surface area (Å²) in [7, 11) is 0. The van der Waals surface area contributed by atoms with Crippen molar-refractivity contribution < 1.29 is 8.78 Å². The van der Waals surface area contributed by atoms with E-state index in [0.29, 0.717) is 5.56 Å². The van der Waals surface area contributed by atoms with Crippen LogP contribution in [-0.2, 0) is 6.42 Å². The summed E-state index contributed by atoms with van der Waals surface area (Å²) in [6.45, 7) is 2.86. The van der Waals surface area contributed by atoms with Gasteiger partial charge in [0, 0.05) is 17.5 Å². The molecule has 2 atom stereocenters. The molecule has 0 fully saturated rings. The van der Waals surface area contributed by atoms with E-state index in [0.717, 1.165) is 19.4 Å². The molecule has 1 N–H and O–H groups in total. The predicted molar refractivity (Wildman–Crippen MR) is 80.3 cm³/mol. The van der Waals surface area contributed by atoms with Crippen LogP contribution in [0.3, 0.4) is 0 Å². The van der Waals surface area contributed by atoms with E-state index in [4.69, 9.17) is 0 Å². The summed E-state index contributed by atoms with van der Waals surface area (Å²) >= 11 is 0. The molecule has 0 aromatic heterocycles. The molecule has 0 saturated carbocycles. The molecule has 0 heterocycles. The molecular formula is C18H19F2N. The van der Waals surface area contributed by atoms with Crippen molar-refractivity contribution in [3.63, 3.8) is 0 Å². The van der Waals surface area contributed by atoms with Gasteiger partial charge in [0.1, 0.15) is 0 Å². The van der Waals surface area contributed by atoms with E-state index in [-0.39, 0.29) is 12.0 Å². The second-order valence-electron chi connectivity index (χ2n) is 5.58. The molecular weight excluding hydrogens is 268 g/mol. The monoisotopic (exact) mass is 287 g/mol. The van der Waals surface area contributed by atoms with E-state index in [2.05, 4.69) is 24.4 Å². The molecule has 110 valence electrons. The lowest BCUT2D eigenvalue weighted by Crippen LogP contribution is -2.34. The van der Waals surface area contributed by atoms with E-state index >= 15 is 0 Å². The Bertz CT molecular complexity index is 639. The Morgan fingerprint density at radius 2 is 1.95 bits per heavy atom. The molecule has 0 bridgehead atoms. The van der Waals surface area contributed by atoms with Crippen LogP contribution in [0.5, 0.6) is 0 Å². The molecule has 2 aromatic rings. The number of halogens is 2. The maximum Gasteiger partial charge on any atom is 0.163 e. The van der Waals surface area contributed by atoms with Gasteiger partial charge < -0.3 is 5.32 Å². The summed E-state index contributed by atoms with van der Waals surface area (Å²) < 4.78 is 27.7. The van der Waals surface area contributed by atoms with E-state index in [1.807, 2.05) is 12.1 Å². The Labute approximate surface area is 124 Å². The summed E-state index contributed by atoms with van der Waals surface area (Å²) in [6.07, 6.45) is 1.87. The average Bonchev–Trinajstić information content (AvgIpc) is 2.47. The van der Waals surface area contributed by atoms with Crippen LogP contribution >= 0.6 is 0 Å². The smallest absolute Gasteiger partial charge is 0.163 e. The van der Waals surface area contributed by atoms with Gasteiger partial charge in [-0.05, 0) is 36.6 Å². The highest BCUT2D eigenvalue weighted by molar-refractivity contribution is 5.43. The fourth-order valence-corrected chi connectivity index (χ4v) is 3.12. The molecule has 3 rings (SSSR count). The summed E-state index contributed by atoms with van der Waals surface area (Å²) in [5.41, 5.74) is 2.99. The van der Waals surface area contributed by atoms with Crippen molar-refractivity contribution in [2.75, 3.05) is 6.54 Å². The van der Waals surface area contributed by atoms with E-state index in [1.54, 1.807) is 12.1 Å². The summed E-state index contributed by atoms with van der Waals surface area (Å²) in [4.78, 5) is 0. The zero-order valence-corrected chi connectivity index (χ0v) is 12.1. The molecule has 1 aliphatic carbocycles. The van der Waals surface area contributed by atoms with Crippen molar-refractivity contribution in [2.24, 2.45) is 0 Å². The van der Waals surface area contributed by atoms with Crippen LogP contribution in [0.4, 0.5) is 8.78 Å². The zero-order chi connectivity index (χ0) is 14.8. The van der Waals surface area contributed by atoms with Crippen LogP contribution in [0.2, 0.25) is 0 Å². The Kier molecular flexibility index (Phi) is 4.02. The zero-order valence-electron chi connectivity index (χ0n) is 12.1. The van der Waals surface area contributed by atoms with Crippen molar-refractivity contribution in [3.05, 3.63) is 70.8 Å². The first-order valence-corrected chi connectivity index (χ1v) is 7.47. The van der Waals surface area contributed by atoms with Gasteiger partial charge in [0.25, 0.3) is 0 Å². The second kappa shape index (κ2) is 5.94. The Morgan fingerprint density at radius 1 is 1.14 bits per heavy atom. The van der Waals surface area contributed by atoms with Crippen molar-refractivity contribution in [1.29, 1.82) is 0 Å². The Hall–Kier alpha value is -1.74. The maximum atomic E-state index is 14.2. The van der Waals surface area contributed by atoms with Crippen LogP contribution < -0.4 is 5.32 Å². The summed E-state index contributed by atoms with van der Waals surface area (Å²) in [6, 6.07) is 12.5. The van der Waals surface area contributed by atoms with Crippen LogP contribution in [-0.4, -0.2) is 6.54 Å². The third-order valence-electron chi connectivity index (χ3n) is 4.23. The lowest BCUT2D eigenvalue weighted by Gasteiger charge is -2.37. The van der Waals surface area contributed by atoms with E-state index in [1.165, 1.54) is 17.2 Å². The van der Waals surface area contributed by atoms with Gasteiger partial charge in [0.15, 0.2) is 11.6 Å². The Balaban J connectivity index is 1.94. The third-order valence-corrected chi connectivity index (χ3v) is 4.23. The SMILES string of the molecule is CCCNC(c1cccc(F)c1F)C1Cc2ccccc21. The molecule has 0 radical (unpaired) electrons. The quantitative estimate of drug-likeness (QED) is 0.862. The number of fused-ring (bicyclic) bond motifs is 1. The van der Waals surface area contributed by atoms with Gasteiger partial charge in [-0.25, -0.2) is 8.78 Å². The van der Waals surface area contributed by atoms with Crippen molar-refractivity contribution in [3.8, 4) is 0 Å². The molecule has 1 nitrogen and oxygen atoms in total. The molecule has 0 amide bonds. The second-order valence-corrected chi connectivity index (χ2v) is 5.58. The largest absolute Gasteiger partial charge is 0.309 e. The molecule has 0 saturated heterocycles. The van der Waals surface area contributed by atoms with Crippen LogP contribution in [0.1, 0.15) is 42.0 Å². The number of nitrogens with one attached hydrogen (secondary N) is 1. The molecule has 0 aliphatic heterocycles. The first kappa shape index (κ1) is 14.2. The fourth-order valence-electron chi connectivity index (χ4n) is 3.12. The van der Waals surface area contributed by atoms with Crippen molar-refractivity contribution in [1.82, 2.24) is 5.32 Å². The van der Waals surface area contributed by atoms with E-state index < -0.39 is 11.6 Å². The van der Waals surface area contributed by atoms with Gasteiger partial charge in [0.2, 0.25) is 0 Å². The van der Waals surface area contributed by atoms with Crippen LogP contribution in [0, 0.1) is 11.6 Å². The molecule has 2 aromatic carbocycles. The molecule has 2 unspecified atom stereocenters. The Morgan fingerprint density at radius 3 is 2.71 bits per heavy atom. The first-order chi connectivity index (χ1) is 10.2. The minimum atomic E-state index is -0.775. The van der Waals surface area contributed by atoms with Gasteiger partial charge in [-0.2, -0.15) is 0 Å². The highest BCUT2D eigenvalue weighted by Crippen LogP contribution is 2.44. The normalized spacial score (nSPS) is 18.0. The van der Waals surface area contributed by atoms with Crippen LogP contribution in [0.15, 0.2) is 42.5 Å². The van der Waals surface area contributed by atoms with Crippen LogP contribution in [0.25, 0.3) is 0 Å². The number of rotatable bonds is 5. The summed E-state index contributed by atoms with van der Waals surface area (Å²) in [5.74, 6) is -1.29. The molecule has 1 aliphatic rings. The van der Waals surface area contributed by atoms with Crippen molar-refractivity contribution in [2.45, 2.75) is 31.7 Å². The topological polar surface area (TPSA) is 12.0 Å². The van der Waals surface area contributed by atoms with Gasteiger partial charge >= 0.3 is 0 Å². The lowest BCUT2D eigenvalue weighted by atomic mass is 9.71. The number of hydrogen-bond acceptors (Lipinski definition) is 1. The van der Waals surface area contributed by atoms with Gasteiger partial charge in [-0.1, -0.05) is 43.3 Å². The van der Waals surface area contributed by atoms with Gasteiger partial charge in [-0.15, -0.1) is 0 Å².